The number of nitrogens with one attached hydrogen (secondary N) is 2. The minimum atomic E-state index is -0.532. The lowest BCUT2D eigenvalue weighted by molar-refractivity contribution is -0.253. The van der Waals surface area contributed by atoms with Crippen LogP contribution in [0.1, 0.15) is 92.4 Å². The molecule has 2 amide bonds. The van der Waals surface area contributed by atoms with E-state index in [9.17, 15) is 15.0 Å². The van der Waals surface area contributed by atoms with Crippen molar-refractivity contribution in [1.29, 1.82) is 0 Å². The fraction of sp³-hybridized carbons (Fsp3) is 0.537. The van der Waals surface area contributed by atoms with Gasteiger partial charge in [0.2, 0.25) is 0 Å². The van der Waals surface area contributed by atoms with Gasteiger partial charge in [0.15, 0.2) is 6.29 Å². The Bertz CT molecular complexity index is 1560. The molecule has 2 saturated heterocycles. The van der Waals surface area contributed by atoms with Gasteiger partial charge in [0.25, 0.3) is 0 Å². The van der Waals surface area contributed by atoms with Gasteiger partial charge in [-0.15, -0.1) is 0 Å². The second kappa shape index (κ2) is 14.2. The first-order valence-electron chi connectivity index (χ1n) is 18.6. The first-order valence-corrected chi connectivity index (χ1v) is 18.6. The summed E-state index contributed by atoms with van der Waals surface area (Å²) in [7, 11) is 0. The van der Waals surface area contributed by atoms with Gasteiger partial charge in [0.05, 0.1) is 25.4 Å². The molecular weight excluding hydrogens is 614 g/mol. The van der Waals surface area contributed by atoms with Crippen LogP contribution in [0.15, 0.2) is 72.8 Å². The Morgan fingerprint density at radius 1 is 0.837 bits per heavy atom. The number of hydrogen-bond donors (Lipinski definition) is 4. The molecule has 3 aromatic rings. The molecule has 4 aliphatic carbocycles. The predicted octanol–water partition coefficient (Wildman–Crippen LogP) is 6.62. The molecule has 4 N–H and O–H groups in total. The van der Waals surface area contributed by atoms with Crippen molar-refractivity contribution in [3.05, 3.63) is 95.1 Å². The molecule has 3 aromatic carbocycles. The number of rotatable bonds is 10. The summed E-state index contributed by atoms with van der Waals surface area (Å²) in [5.41, 5.74) is 6.15. The van der Waals surface area contributed by atoms with E-state index in [1.165, 1.54) is 19.3 Å². The molecule has 9 rings (SSSR count). The molecule has 260 valence electrons. The Hall–Kier alpha value is -3.27. The summed E-state index contributed by atoms with van der Waals surface area (Å²) < 4.78 is 13.2. The Balaban J connectivity index is 0.952. The lowest BCUT2D eigenvalue weighted by atomic mass is 9.53. The third-order valence-electron chi connectivity index (χ3n) is 12.1. The number of urea groups is 1. The number of carbonyl (C=O) groups is 1. The average molecular weight is 666 g/mol. The van der Waals surface area contributed by atoms with E-state index < -0.39 is 6.29 Å². The van der Waals surface area contributed by atoms with Crippen LogP contribution < -0.4 is 10.6 Å². The van der Waals surface area contributed by atoms with Crippen molar-refractivity contribution in [2.75, 3.05) is 19.7 Å². The van der Waals surface area contributed by atoms with Gasteiger partial charge in [-0.05, 0) is 103 Å². The van der Waals surface area contributed by atoms with Crippen LogP contribution in [0.25, 0.3) is 11.1 Å². The van der Waals surface area contributed by atoms with Gasteiger partial charge in [-0.1, -0.05) is 72.8 Å². The zero-order valence-electron chi connectivity index (χ0n) is 28.4. The molecule has 2 aliphatic heterocycles. The molecule has 4 bridgehead atoms. The van der Waals surface area contributed by atoms with Gasteiger partial charge in [0, 0.05) is 36.7 Å². The number of hydrogen-bond acceptors (Lipinski definition) is 6. The summed E-state index contributed by atoms with van der Waals surface area (Å²) in [6.45, 7) is 2.38. The SMILES string of the molecule is O=C(NCc1ccccc1-c1ccc(C2OC(CN3CCCC3CO)CC(c3ccc(CO)cc3)O2)cc1)NC12CC3CC(CC(C3)C1)C2. The van der Waals surface area contributed by atoms with E-state index >= 15 is 0 Å². The summed E-state index contributed by atoms with van der Waals surface area (Å²) in [6, 6.07) is 24.8. The summed E-state index contributed by atoms with van der Waals surface area (Å²) in [6.07, 6.45) is 9.60. The van der Waals surface area contributed by atoms with Crippen molar-refractivity contribution in [1.82, 2.24) is 15.5 Å². The van der Waals surface area contributed by atoms with Gasteiger partial charge in [-0.2, -0.15) is 0 Å². The highest BCUT2D eigenvalue weighted by molar-refractivity contribution is 5.76. The summed E-state index contributed by atoms with van der Waals surface area (Å²) >= 11 is 0. The molecule has 6 aliphatic rings. The van der Waals surface area contributed by atoms with E-state index in [-0.39, 0.29) is 43.0 Å². The average Bonchev–Trinajstić information content (AvgIpc) is 3.57. The Labute approximate surface area is 290 Å². The van der Waals surface area contributed by atoms with E-state index in [4.69, 9.17) is 9.47 Å². The van der Waals surface area contributed by atoms with Crippen molar-refractivity contribution in [2.45, 2.75) is 101 Å². The molecule has 49 heavy (non-hydrogen) atoms. The van der Waals surface area contributed by atoms with E-state index in [2.05, 4.69) is 51.9 Å². The van der Waals surface area contributed by atoms with E-state index in [0.717, 1.165) is 103 Å². The molecule has 4 saturated carbocycles. The largest absolute Gasteiger partial charge is 0.395 e. The molecule has 0 radical (unpaired) electrons. The second-order valence-corrected chi connectivity index (χ2v) is 15.6. The molecule has 0 spiro atoms. The maximum atomic E-state index is 13.2. The zero-order valence-corrected chi connectivity index (χ0v) is 28.4. The molecule has 8 heteroatoms. The topological polar surface area (TPSA) is 103 Å². The number of aliphatic hydroxyl groups is 2. The van der Waals surface area contributed by atoms with Gasteiger partial charge in [-0.25, -0.2) is 4.79 Å². The number of amides is 2. The lowest BCUT2D eigenvalue weighted by Crippen LogP contribution is -2.61. The highest BCUT2D eigenvalue weighted by atomic mass is 16.7. The van der Waals surface area contributed by atoms with Crippen molar-refractivity contribution in [3.63, 3.8) is 0 Å². The zero-order chi connectivity index (χ0) is 33.4. The van der Waals surface area contributed by atoms with Crippen LogP contribution in [-0.2, 0) is 22.6 Å². The third-order valence-corrected chi connectivity index (χ3v) is 12.1. The van der Waals surface area contributed by atoms with Crippen LogP contribution in [0, 0.1) is 17.8 Å². The number of likely N-dealkylation sites (tertiary alicyclic amines) is 1. The van der Waals surface area contributed by atoms with Crippen LogP contribution >= 0.6 is 0 Å². The molecule has 2 heterocycles. The third kappa shape index (κ3) is 7.17. The van der Waals surface area contributed by atoms with Crippen LogP contribution in [-0.4, -0.2) is 58.5 Å². The molecular formula is C41H51N3O5. The van der Waals surface area contributed by atoms with Crippen molar-refractivity contribution >= 4 is 6.03 Å². The fourth-order valence-corrected chi connectivity index (χ4v) is 10.1. The van der Waals surface area contributed by atoms with Crippen molar-refractivity contribution in [2.24, 2.45) is 17.8 Å². The summed E-state index contributed by atoms with van der Waals surface area (Å²) in [5.74, 6) is 2.37. The highest BCUT2D eigenvalue weighted by Crippen LogP contribution is 2.55. The number of nitrogens with zero attached hydrogens (tertiary/aromatic N) is 1. The number of ether oxygens (including phenoxy) is 2. The van der Waals surface area contributed by atoms with Gasteiger partial charge in [-0.3, -0.25) is 4.90 Å². The number of benzene rings is 3. The maximum Gasteiger partial charge on any atom is 0.315 e. The molecule has 0 aromatic heterocycles. The van der Waals surface area contributed by atoms with Crippen molar-refractivity contribution < 1.29 is 24.5 Å². The predicted molar refractivity (Wildman–Crippen MR) is 188 cm³/mol. The van der Waals surface area contributed by atoms with Gasteiger partial charge < -0.3 is 30.3 Å². The second-order valence-electron chi connectivity index (χ2n) is 15.6. The van der Waals surface area contributed by atoms with Crippen LogP contribution in [0.5, 0.6) is 0 Å². The Morgan fingerprint density at radius 2 is 1.53 bits per heavy atom. The normalized spacial score (nSPS) is 32.3. The number of aliphatic hydroxyl groups excluding tert-OH is 2. The van der Waals surface area contributed by atoms with Crippen molar-refractivity contribution in [3.8, 4) is 11.1 Å². The standard InChI is InChI=1S/C41H51N3O5/c45-25-27-7-9-32(10-8-27)38-19-36(24-44-15-3-5-35(44)26-46)48-39(49-38)33-13-11-31(12-14-33)37-6-2-1-4-34(37)23-42-40(47)43-41-20-28-16-29(21-41)18-30(17-28)22-41/h1-2,4,6-14,28-30,35-36,38-39,45-46H,3,5,15-26H2,(H2,42,43,47). The summed E-state index contributed by atoms with van der Waals surface area (Å²) in [5, 5.41) is 26.1. The lowest BCUT2D eigenvalue weighted by Gasteiger charge is -2.56. The quantitative estimate of drug-likeness (QED) is 0.194. The molecule has 6 fully saturated rings. The van der Waals surface area contributed by atoms with Gasteiger partial charge >= 0.3 is 6.03 Å². The maximum absolute atomic E-state index is 13.2. The first-order chi connectivity index (χ1) is 24.0. The summed E-state index contributed by atoms with van der Waals surface area (Å²) in [4.78, 5) is 15.6. The van der Waals surface area contributed by atoms with Crippen LogP contribution in [0.4, 0.5) is 4.79 Å². The first kappa shape index (κ1) is 32.9. The highest BCUT2D eigenvalue weighted by Gasteiger charge is 2.51. The smallest absolute Gasteiger partial charge is 0.315 e. The van der Waals surface area contributed by atoms with E-state index in [1.54, 1.807) is 0 Å². The van der Waals surface area contributed by atoms with E-state index in [0.29, 0.717) is 6.54 Å². The van der Waals surface area contributed by atoms with E-state index in [1.807, 2.05) is 36.4 Å². The molecule has 4 atom stereocenters. The van der Waals surface area contributed by atoms with Crippen LogP contribution in [0.3, 0.4) is 0 Å². The fourth-order valence-electron chi connectivity index (χ4n) is 10.1. The Morgan fingerprint density at radius 3 is 2.22 bits per heavy atom. The van der Waals surface area contributed by atoms with Crippen LogP contribution in [0.2, 0.25) is 0 Å². The molecule has 4 unspecified atom stereocenters. The minimum Gasteiger partial charge on any atom is -0.395 e. The molecule has 8 nitrogen and oxygen atoms in total. The van der Waals surface area contributed by atoms with Gasteiger partial charge in [0.1, 0.15) is 0 Å². The Kier molecular flexibility index (Phi) is 9.51. The minimum absolute atomic E-state index is 0.00659. The monoisotopic (exact) mass is 665 g/mol. The number of carbonyl (C=O) groups excluding carboxylic acids is 1.